The van der Waals surface area contributed by atoms with Crippen LogP contribution in [0, 0.1) is 5.92 Å². The lowest BCUT2D eigenvalue weighted by Gasteiger charge is -2.22. The smallest absolute Gasteiger partial charge is 0.315 e. The highest BCUT2D eigenvalue weighted by Gasteiger charge is 2.20. The van der Waals surface area contributed by atoms with Gasteiger partial charge < -0.3 is 21.5 Å². The van der Waals surface area contributed by atoms with Crippen molar-refractivity contribution in [1.29, 1.82) is 0 Å². The third-order valence-corrected chi connectivity index (χ3v) is 2.40. The molecule has 0 aliphatic carbocycles. The minimum atomic E-state index is -0.973. The van der Waals surface area contributed by atoms with E-state index in [0.29, 0.717) is 0 Å². The third kappa shape index (κ3) is 7.48. The molecule has 0 aliphatic heterocycles. The second-order valence-electron chi connectivity index (χ2n) is 4.64. The molecule has 0 aromatic carbocycles. The maximum absolute atomic E-state index is 11.6. The third-order valence-electron chi connectivity index (χ3n) is 2.40. The molecule has 0 aromatic rings. The molecule has 18 heavy (non-hydrogen) atoms. The Kier molecular flexibility index (Phi) is 6.77. The lowest BCUT2D eigenvalue weighted by atomic mass is 10.0. The molecule has 0 saturated carbocycles. The van der Waals surface area contributed by atoms with Crippen LogP contribution in [0.2, 0.25) is 0 Å². The van der Waals surface area contributed by atoms with Gasteiger partial charge in [-0.15, -0.1) is 0 Å². The second kappa shape index (κ2) is 7.52. The van der Waals surface area contributed by atoms with Crippen molar-refractivity contribution in [3.63, 3.8) is 0 Å². The monoisotopic (exact) mass is 259 g/mol. The summed E-state index contributed by atoms with van der Waals surface area (Å²) in [5.41, 5.74) is 5.00. The number of urea groups is 1. The van der Waals surface area contributed by atoms with Crippen LogP contribution in [0.3, 0.4) is 0 Å². The van der Waals surface area contributed by atoms with Crippen LogP contribution in [0.4, 0.5) is 4.79 Å². The van der Waals surface area contributed by atoms with Gasteiger partial charge in [-0.25, -0.2) is 4.79 Å². The summed E-state index contributed by atoms with van der Waals surface area (Å²) in [6.07, 6.45) is -0.103. The van der Waals surface area contributed by atoms with Gasteiger partial charge in [0, 0.05) is 18.5 Å². The summed E-state index contributed by atoms with van der Waals surface area (Å²) in [6.45, 7) is 5.29. The lowest BCUT2D eigenvalue weighted by Crippen LogP contribution is -2.48. The molecule has 0 aromatic heterocycles. The Hall–Kier alpha value is -1.79. The second-order valence-corrected chi connectivity index (χ2v) is 4.64. The standard InChI is InChI=1S/C11H21N3O4/c1-6(2)8(5-10(16)17)14-11(18)13-7(3)4-9(12)15/h6-8H,4-5H2,1-3H3,(H2,12,15)(H,16,17)(H2,13,14,18). The zero-order valence-electron chi connectivity index (χ0n) is 10.9. The molecule has 0 fully saturated rings. The summed E-state index contributed by atoms with van der Waals surface area (Å²) in [5, 5.41) is 13.8. The zero-order valence-corrected chi connectivity index (χ0v) is 10.9. The molecule has 3 amide bonds. The van der Waals surface area contributed by atoms with E-state index in [4.69, 9.17) is 10.8 Å². The van der Waals surface area contributed by atoms with Crippen LogP contribution in [0.15, 0.2) is 0 Å². The van der Waals surface area contributed by atoms with E-state index in [1.54, 1.807) is 6.92 Å². The predicted molar refractivity (Wildman–Crippen MR) is 65.8 cm³/mol. The fourth-order valence-electron chi connectivity index (χ4n) is 1.43. The largest absolute Gasteiger partial charge is 0.481 e. The maximum atomic E-state index is 11.6. The molecular formula is C11H21N3O4. The van der Waals surface area contributed by atoms with Crippen LogP contribution in [-0.2, 0) is 9.59 Å². The molecule has 7 nitrogen and oxygen atoms in total. The number of hydrogen-bond donors (Lipinski definition) is 4. The highest BCUT2D eigenvalue weighted by atomic mass is 16.4. The van der Waals surface area contributed by atoms with Crippen LogP contribution >= 0.6 is 0 Å². The summed E-state index contributed by atoms with van der Waals surface area (Å²) in [6, 6.07) is -1.34. The van der Waals surface area contributed by atoms with Gasteiger partial charge in [0.05, 0.1) is 6.42 Å². The summed E-state index contributed by atoms with van der Waals surface area (Å²) < 4.78 is 0. The fraction of sp³-hybridized carbons (Fsp3) is 0.727. The van der Waals surface area contributed by atoms with Crippen molar-refractivity contribution in [2.45, 2.75) is 45.7 Å². The maximum Gasteiger partial charge on any atom is 0.315 e. The summed E-state index contributed by atoms with van der Waals surface area (Å²) in [5.74, 6) is -1.48. The minimum Gasteiger partial charge on any atom is -0.481 e. The van der Waals surface area contributed by atoms with Gasteiger partial charge in [0.25, 0.3) is 0 Å². The van der Waals surface area contributed by atoms with Crippen LogP contribution in [-0.4, -0.2) is 35.1 Å². The van der Waals surface area contributed by atoms with E-state index in [0.717, 1.165) is 0 Å². The topological polar surface area (TPSA) is 122 Å². The van der Waals surface area contributed by atoms with Gasteiger partial charge in [-0.2, -0.15) is 0 Å². The molecule has 0 bridgehead atoms. The van der Waals surface area contributed by atoms with Crippen LogP contribution in [0.25, 0.3) is 0 Å². The van der Waals surface area contributed by atoms with E-state index in [-0.39, 0.29) is 24.8 Å². The first-order valence-corrected chi connectivity index (χ1v) is 5.79. The van der Waals surface area contributed by atoms with Crippen molar-refractivity contribution in [2.24, 2.45) is 11.7 Å². The summed E-state index contributed by atoms with van der Waals surface area (Å²) in [4.78, 5) is 32.8. The van der Waals surface area contributed by atoms with Crippen molar-refractivity contribution in [2.75, 3.05) is 0 Å². The predicted octanol–water partition coefficient (Wildman–Crippen LogP) is 0.0488. The van der Waals surface area contributed by atoms with Crippen molar-refractivity contribution >= 4 is 17.9 Å². The fourth-order valence-corrected chi connectivity index (χ4v) is 1.43. The number of aliphatic carboxylic acids is 1. The normalized spacial score (nSPS) is 13.8. The molecule has 0 saturated heterocycles. The number of nitrogens with two attached hydrogens (primary N) is 1. The number of carboxylic acid groups (broad SMARTS) is 1. The number of amides is 3. The molecule has 0 radical (unpaired) electrons. The van der Waals surface area contributed by atoms with Gasteiger partial charge in [0.1, 0.15) is 0 Å². The Bertz CT molecular complexity index is 317. The highest BCUT2D eigenvalue weighted by Crippen LogP contribution is 2.06. The molecule has 5 N–H and O–H groups in total. The Morgan fingerprint density at radius 3 is 2.06 bits per heavy atom. The van der Waals surface area contributed by atoms with Crippen molar-refractivity contribution < 1.29 is 19.5 Å². The van der Waals surface area contributed by atoms with Gasteiger partial charge in [0.2, 0.25) is 5.91 Å². The SMILES string of the molecule is CC(CC(N)=O)NC(=O)NC(CC(=O)O)C(C)C. The van der Waals surface area contributed by atoms with E-state index in [1.807, 2.05) is 13.8 Å². The van der Waals surface area contributed by atoms with E-state index in [2.05, 4.69) is 10.6 Å². The van der Waals surface area contributed by atoms with Gasteiger partial charge in [-0.3, -0.25) is 9.59 Å². The summed E-state index contributed by atoms with van der Waals surface area (Å²) in [7, 11) is 0. The Balaban J connectivity index is 4.25. The lowest BCUT2D eigenvalue weighted by molar-refractivity contribution is -0.137. The van der Waals surface area contributed by atoms with Crippen LogP contribution in [0.5, 0.6) is 0 Å². The van der Waals surface area contributed by atoms with Gasteiger partial charge in [-0.05, 0) is 12.8 Å². The van der Waals surface area contributed by atoms with Crippen LogP contribution < -0.4 is 16.4 Å². The first-order valence-electron chi connectivity index (χ1n) is 5.79. The molecule has 7 heteroatoms. The molecule has 2 unspecified atom stereocenters. The van der Waals surface area contributed by atoms with Crippen molar-refractivity contribution in [3.05, 3.63) is 0 Å². The van der Waals surface area contributed by atoms with E-state index in [1.165, 1.54) is 0 Å². The molecular weight excluding hydrogens is 238 g/mol. The number of hydrogen-bond acceptors (Lipinski definition) is 3. The zero-order chi connectivity index (χ0) is 14.3. The molecule has 104 valence electrons. The minimum absolute atomic E-state index is 0.00158. The first-order chi connectivity index (χ1) is 8.22. The van der Waals surface area contributed by atoms with Gasteiger partial charge in [0.15, 0.2) is 0 Å². The first kappa shape index (κ1) is 16.2. The highest BCUT2D eigenvalue weighted by molar-refractivity contribution is 5.78. The van der Waals surface area contributed by atoms with Gasteiger partial charge >= 0.3 is 12.0 Å². The number of rotatable bonds is 7. The number of nitrogens with one attached hydrogen (secondary N) is 2. The van der Waals surface area contributed by atoms with Crippen molar-refractivity contribution in [3.8, 4) is 0 Å². The average Bonchev–Trinajstić information content (AvgIpc) is 2.13. The quantitative estimate of drug-likeness (QED) is 0.516. The molecule has 0 rings (SSSR count). The summed E-state index contributed by atoms with van der Waals surface area (Å²) >= 11 is 0. The van der Waals surface area contributed by atoms with E-state index < -0.39 is 23.9 Å². The van der Waals surface area contributed by atoms with Gasteiger partial charge in [-0.1, -0.05) is 13.8 Å². The molecule has 2 atom stereocenters. The number of carbonyl (C=O) groups is 3. The number of carboxylic acids is 1. The molecule has 0 heterocycles. The van der Waals surface area contributed by atoms with E-state index in [9.17, 15) is 14.4 Å². The molecule has 0 aliphatic rings. The average molecular weight is 259 g/mol. The number of carbonyl (C=O) groups excluding carboxylic acids is 2. The Morgan fingerprint density at radius 1 is 1.11 bits per heavy atom. The van der Waals surface area contributed by atoms with Crippen LogP contribution in [0.1, 0.15) is 33.6 Å². The Labute approximate surface area is 106 Å². The molecule has 0 spiro atoms. The number of primary amides is 1. The van der Waals surface area contributed by atoms with E-state index >= 15 is 0 Å². The Morgan fingerprint density at radius 2 is 1.67 bits per heavy atom. The van der Waals surface area contributed by atoms with Crippen molar-refractivity contribution in [1.82, 2.24) is 10.6 Å².